The van der Waals surface area contributed by atoms with E-state index >= 15 is 0 Å². The zero-order valence-electron chi connectivity index (χ0n) is 13.9. The predicted octanol–water partition coefficient (Wildman–Crippen LogP) is 3.66. The Hall–Kier alpha value is -2.74. The van der Waals surface area contributed by atoms with Crippen molar-refractivity contribution in [2.75, 3.05) is 16.8 Å². The third-order valence-electron chi connectivity index (χ3n) is 4.29. The molecule has 1 heterocycles. The highest BCUT2D eigenvalue weighted by Gasteiger charge is 2.35. The van der Waals surface area contributed by atoms with Gasteiger partial charge in [0.25, 0.3) is 5.69 Å². The van der Waals surface area contributed by atoms with Crippen LogP contribution in [-0.2, 0) is 9.59 Å². The molecule has 2 aromatic carbocycles. The van der Waals surface area contributed by atoms with Crippen molar-refractivity contribution < 1.29 is 14.5 Å². The molecule has 1 N–H and O–H groups in total. The molecule has 1 atom stereocenters. The van der Waals surface area contributed by atoms with Gasteiger partial charge in [-0.1, -0.05) is 15.9 Å². The summed E-state index contributed by atoms with van der Waals surface area (Å²) in [5.74, 6) is -0.864. The topological polar surface area (TPSA) is 92.6 Å². The van der Waals surface area contributed by atoms with Crippen molar-refractivity contribution in [3.8, 4) is 0 Å². The highest BCUT2D eigenvalue weighted by atomic mass is 79.9. The smallest absolute Gasteiger partial charge is 0.269 e. The number of halogens is 1. The van der Waals surface area contributed by atoms with Gasteiger partial charge in [0.2, 0.25) is 11.8 Å². The number of non-ortho nitro benzene ring substituents is 1. The Bertz CT molecular complexity index is 883. The number of amides is 2. The first-order valence-electron chi connectivity index (χ1n) is 7.97. The number of carbonyl (C=O) groups excluding carboxylic acids is 2. The Morgan fingerprint density at radius 3 is 2.58 bits per heavy atom. The summed E-state index contributed by atoms with van der Waals surface area (Å²) in [6.07, 6.45) is 0.109. The molecule has 0 radical (unpaired) electrons. The van der Waals surface area contributed by atoms with E-state index in [0.29, 0.717) is 11.4 Å². The summed E-state index contributed by atoms with van der Waals surface area (Å²) in [7, 11) is 0. The van der Waals surface area contributed by atoms with Crippen LogP contribution in [0.4, 0.5) is 17.1 Å². The van der Waals surface area contributed by atoms with Crippen LogP contribution in [0.5, 0.6) is 0 Å². The van der Waals surface area contributed by atoms with Crippen LogP contribution in [0.15, 0.2) is 46.9 Å². The lowest BCUT2D eigenvalue weighted by Crippen LogP contribution is -2.28. The number of hydrogen-bond donors (Lipinski definition) is 1. The van der Waals surface area contributed by atoms with Crippen LogP contribution in [0, 0.1) is 23.0 Å². The standard InChI is InChI=1S/C18H16BrN3O4/c1-11-8-13(2-7-16(11)19)20-18(24)12-9-17(23)21(10-12)14-3-5-15(6-4-14)22(25)26/h2-8,12H,9-10H2,1H3,(H,20,24)/t12-/m1/s1. The number of nitrogens with one attached hydrogen (secondary N) is 1. The van der Waals surface area contributed by atoms with Gasteiger partial charge in [0.05, 0.1) is 10.8 Å². The molecule has 1 aliphatic rings. The molecule has 7 nitrogen and oxygen atoms in total. The molecular formula is C18H16BrN3O4. The summed E-state index contributed by atoms with van der Waals surface area (Å²) in [5.41, 5.74) is 2.19. The second-order valence-electron chi connectivity index (χ2n) is 6.13. The van der Waals surface area contributed by atoms with Gasteiger partial charge >= 0.3 is 0 Å². The summed E-state index contributed by atoms with van der Waals surface area (Å²) < 4.78 is 0.955. The van der Waals surface area contributed by atoms with E-state index < -0.39 is 10.8 Å². The average Bonchev–Trinajstić information content (AvgIpc) is 3.00. The van der Waals surface area contributed by atoms with Crippen molar-refractivity contribution in [1.82, 2.24) is 0 Å². The molecule has 0 aliphatic carbocycles. The van der Waals surface area contributed by atoms with Crippen LogP contribution in [0.3, 0.4) is 0 Å². The van der Waals surface area contributed by atoms with E-state index in [4.69, 9.17) is 0 Å². The first kappa shape index (κ1) is 18.1. The lowest BCUT2D eigenvalue weighted by molar-refractivity contribution is -0.384. The van der Waals surface area contributed by atoms with E-state index in [1.807, 2.05) is 19.1 Å². The highest BCUT2D eigenvalue weighted by molar-refractivity contribution is 9.10. The molecule has 2 aromatic rings. The molecule has 0 spiro atoms. The van der Waals surface area contributed by atoms with Crippen molar-refractivity contribution in [2.45, 2.75) is 13.3 Å². The van der Waals surface area contributed by atoms with E-state index in [2.05, 4.69) is 21.2 Å². The predicted molar refractivity (Wildman–Crippen MR) is 101 cm³/mol. The van der Waals surface area contributed by atoms with Crippen molar-refractivity contribution in [3.05, 3.63) is 62.6 Å². The molecular weight excluding hydrogens is 402 g/mol. The van der Waals surface area contributed by atoms with Crippen LogP contribution in [0.25, 0.3) is 0 Å². The fraction of sp³-hybridized carbons (Fsp3) is 0.222. The number of nitro benzene ring substituents is 1. The second kappa shape index (κ2) is 7.25. The van der Waals surface area contributed by atoms with Crippen LogP contribution < -0.4 is 10.2 Å². The Labute approximate surface area is 158 Å². The number of anilines is 2. The molecule has 0 aromatic heterocycles. The lowest BCUT2D eigenvalue weighted by Gasteiger charge is -2.16. The number of nitro groups is 1. The minimum atomic E-state index is -0.494. The molecule has 1 fully saturated rings. The molecule has 8 heteroatoms. The Morgan fingerprint density at radius 1 is 1.27 bits per heavy atom. The largest absolute Gasteiger partial charge is 0.326 e. The van der Waals surface area contributed by atoms with Crippen molar-refractivity contribution in [3.63, 3.8) is 0 Å². The maximum Gasteiger partial charge on any atom is 0.269 e. The number of rotatable bonds is 4. The average molecular weight is 418 g/mol. The number of nitrogens with zero attached hydrogens (tertiary/aromatic N) is 2. The highest BCUT2D eigenvalue weighted by Crippen LogP contribution is 2.28. The van der Waals surface area contributed by atoms with Gasteiger partial charge in [0.1, 0.15) is 0 Å². The molecule has 2 amide bonds. The summed E-state index contributed by atoms with van der Waals surface area (Å²) >= 11 is 3.41. The zero-order valence-corrected chi connectivity index (χ0v) is 15.5. The minimum Gasteiger partial charge on any atom is -0.326 e. The molecule has 3 rings (SSSR count). The van der Waals surface area contributed by atoms with Gasteiger partial charge in [-0.25, -0.2) is 0 Å². The molecule has 0 bridgehead atoms. The van der Waals surface area contributed by atoms with Crippen LogP contribution in [-0.4, -0.2) is 23.3 Å². The monoisotopic (exact) mass is 417 g/mol. The quantitative estimate of drug-likeness (QED) is 0.606. The van der Waals surface area contributed by atoms with Crippen LogP contribution in [0.1, 0.15) is 12.0 Å². The van der Waals surface area contributed by atoms with Gasteiger partial charge in [0.15, 0.2) is 0 Å². The van der Waals surface area contributed by atoms with Gasteiger partial charge in [-0.3, -0.25) is 19.7 Å². The summed E-state index contributed by atoms with van der Waals surface area (Å²) in [6.45, 7) is 2.17. The first-order valence-corrected chi connectivity index (χ1v) is 8.76. The number of aryl methyl sites for hydroxylation is 1. The maximum atomic E-state index is 12.5. The fourth-order valence-electron chi connectivity index (χ4n) is 2.85. The molecule has 0 saturated carbocycles. The Morgan fingerprint density at radius 2 is 1.96 bits per heavy atom. The number of benzene rings is 2. The first-order chi connectivity index (χ1) is 12.3. The normalized spacial score (nSPS) is 16.6. The molecule has 1 aliphatic heterocycles. The van der Waals surface area contributed by atoms with E-state index in [9.17, 15) is 19.7 Å². The minimum absolute atomic E-state index is 0.0414. The summed E-state index contributed by atoms with van der Waals surface area (Å²) in [6, 6.07) is 11.2. The van der Waals surface area contributed by atoms with E-state index in [-0.39, 0.29) is 30.5 Å². The molecule has 1 saturated heterocycles. The fourth-order valence-corrected chi connectivity index (χ4v) is 3.10. The van der Waals surface area contributed by atoms with Gasteiger partial charge in [-0.2, -0.15) is 0 Å². The SMILES string of the molecule is Cc1cc(NC(=O)[C@@H]2CC(=O)N(c3ccc([N+](=O)[O-])cc3)C2)ccc1Br. The van der Waals surface area contributed by atoms with E-state index in [1.54, 1.807) is 6.07 Å². The summed E-state index contributed by atoms with van der Waals surface area (Å²) in [4.78, 5) is 36.5. The van der Waals surface area contributed by atoms with Crippen LogP contribution in [0.2, 0.25) is 0 Å². The maximum absolute atomic E-state index is 12.5. The van der Waals surface area contributed by atoms with Crippen LogP contribution >= 0.6 is 15.9 Å². The Kier molecular flexibility index (Phi) is 5.03. The number of carbonyl (C=O) groups is 2. The summed E-state index contributed by atoms with van der Waals surface area (Å²) in [5, 5.41) is 13.6. The Balaban J connectivity index is 1.69. The zero-order chi connectivity index (χ0) is 18.8. The van der Waals surface area contributed by atoms with Gasteiger partial charge < -0.3 is 10.2 Å². The lowest BCUT2D eigenvalue weighted by atomic mass is 10.1. The molecule has 0 unspecified atom stereocenters. The van der Waals surface area contributed by atoms with Crippen molar-refractivity contribution in [2.24, 2.45) is 5.92 Å². The molecule has 134 valence electrons. The van der Waals surface area contributed by atoms with Gasteiger partial charge in [0, 0.05) is 40.9 Å². The number of hydrogen-bond acceptors (Lipinski definition) is 4. The second-order valence-corrected chi connectivity index (χ2v) is 6.99. The third kappa shape index (κ3) is 3.75. The van der Waals surface area contributed by atoms with E-state index in [0.717, 1.165) is 10.0 Å². The van der Waals surface area contributed by atoms with Gasteiger partial charge in [-0.05, 0) is 42.8 Å². The van der Waals surface area contributed by atoms with Crippen molar-refractivity contribution in [1.29, 1.82) is 0 Å². The van der Waals surface area contributed by atoms with Gasteiger partial charge in [-0.15, -0.1) is 0 Å². The third-order valence-corrected chi connectivity index (χ3v) is 5.18. The van der Waals surface area contributed by atoms with Crippen molar-refractivity contribution >= 4 is 44.8 Å². The van der Waals surface area contributed by atoms with E-state index in [1.165, 1.54) is 29.2 Å². The molecule has 26 heavy (non-hydrogen) atoms.